The van der Waals surface area contributed by atoms with Crippen molar-refractivity contribution in [2.24, 2.45) is 0 Å². The molecule has 3 rings (SSSR count). The maximum atomic E-state index is 14.5. The first-order chi connectivity index (χ1) is 15.0. The first-order valence-corrected chi connectivity index (χ1v) is 10.7. The number of rotatable bonds is 8. The molecule has 0 aliphatic carbocycles. The second-order valence-electron chi connectivity index (χ2n) is 6.73. The molecule has 1 N–H and O–H groups in total. The van der Waals surface area contributed by atoms with Gasteiger partial charge in [0.2, 0.25) is 0 Å². The standard InChI is InChI=1S/C23H24F2N4OS/c1-5-7-15(19(25)10-17(24)6-2)12-26-22-18-8-16(23-27-11-14(3)31-23)9-20(30-4)21(18)28-13-29-22/h6-11,13H,5,12H2,1-4H3,(H,26,28,29)/b15-7+,17-6+,19-10+. The number of aryl methyl sites for hydroxylation is 1. The Hall–Kier alpha value is -3.13. The number of halogens is 2. The normalized spacial score (nSPS) is 13.0. The number of ether oxygens (including phenoxy) is 1. The van der Waals surface area contributed by atoms with E-state index < -0.39 is 11.7 Å². The summed E-state index contributed by atoms with van der Waals surface area (Å²) in [5.41, 5.74) is 1.87. The average molecular weight is 443 g/mol. The maximum Gasteiger partial charge on any atom is 0.145 e. The molecule has 0 unspecified atom stereocenters. The molecule has 1 aromatic carbocycles. The van der Waals surface area contributed by atoms with Gasteiger partial charge in [-0.25, -0.2) is 23.7 Å². The van der Waals surface area contributed by atoms with E-state index in [4.69, 9.17) is 4.74 Å². The van der Waals surface area contributed by atoms with Crippen molar-refractivity contribution >= 4 is 28.1 Å². The third kappa shape index (κ3) is 5.32. The Balaban J connectivity index is 2.00. The zero-order chi connectivity index (χ0) is 22.4. The van der Waals surface area contributed by atoms with Gasteiger partial charge in [-0.1, -0.05) is 19.1 Å². The molecule has 0 fully saturated rings. The Morgan fingerprint density at radius 1 is 1.23 bits per heavy atom. The van der Waals surface area contributed by atoms with Gasteiger partial charge in [0.25, 0.3) is 0 Å². The van der Waals surface area contributed by atoms with Crippen LogP contribution in [0.15, 0.2) is 60.1 Å². The van der Waals surface area contributed by atoms with Gasteiger partial charge < -0.3 is 10.1 Å². The summed E-state index contributed by atoms with van der Waals surface area (Å²) in [6, 6.07) is 3.83. The second-order valence-corrected chi connectivity index (χ2v) is 7.96. The predicted molar refractivity (Wildman–Crippen MR) is 123 cm³/mol. The molecule has 0 radical (unpaired) electrons. The number of anilines is 1. The monoisotopic (exact) mass is 442 g/mol. The summed E-state index contributed by atoms with van der Waals surface area (Å²) in [6.07, 6.45) is 7.67. The predicted octanol–water partition coefficient (Wildman–Crippen LogP) is 6.55. The largest absolute Gasteiger partial charge is 0.494 e. The maximum absolute atomic E-state index is 14.5. The minimum absolute atomic E-state index is 0.141. The van der Waals surface area contributed by atoms with Crippen molar-refractivity contribution in [1.82, 2.24) is 15.0 Å². The molecule has 0 amide bonds. The van der Waals surface area contributed by atoms with Gasteiger partial charge >= 0.3 is 0 Å². The molecule has 162 valence electrons. The lowest BCUT2D eigenvalue weighted by Crippen LogP contribution is -2.08. The number of methoxy groups -OCH3 is 1. The van der Waals surface area contributed by atoms with Gasteiger partial charge in [-0.3, -0.25) is 0 Å². The van der Waals surface area contributed by atoms with Crippen LogP contribution in [0.3, 0.4) is 0 Å². The SMILES string of the molecule is C\C=C(F)/C=C(F)\C(=C\CC)CNc1ncnc2c(OC)cc(-c3ncc(C)s3)cc12. The Morgan fingerprint density at radius 3 is 2.68 bits per heavy atom. The fourth-order valence-corrected chi connectivity index (χ4v) is 3.77. The number of hydrogen-bond donors (Lipinski definition) is 1. The first-order valence-electron chi connectivity index (χ1n) is 9.84. The summed E-state index contributed by atoms with van der Waals surface area (Å²) in [5, 5.41) is 4.75. The molecule has 5 nitrogen and oxygen atoms in total. The summed E-state index contributed by atoms with van der Waals surface area (Å²) in [7, 11) is 1.58. The number of nitrogens with zero attached hydrogens (tertiary/aromatic N) is 3. The lowest BCUT2D eigenvalue weighted by Gasteiger charge is -2.13. The number of fused-ring (bicyclic) bond motifs is 1. The van der Waals surface area contributed by atoms with Crippen molar-refractivity contribution in [2.45, 2.75) is 27.2 Å². The van der Waals surface area contributed by atoms with E-state index in [-0.39, 0.29) is 6.54 Å². The highest BCUT2D eigenvalue weighted by Gasteiger charge is 2.14. The second kappa shape index (κ2) is 10.3. The molecule has 2 aromatic heterocycles. The molecule has 2 heterocycles. The van der Waals surface area contributed by atoms with Crippen molar-refractivity contribution in [3.63, 3.8) is 0 Å². The Kier molecular flexibility index (Phi) is 7.46. The lowest BCUT2D eigenvalue weighted by atomic mass is 10.1. The van der Waals surface area contributed by atoms with E-state index in [1.54, 1.807) is 24.5 Å². The minimum Gasteiger partial charge on any atom is -0.494 e. The molecular formula is C23H24F2N4OS. The quantitative estimate of drug-likeness (QED) is 0.401. The van der Waals surface area contributed by atoms with Crippen molar-refractivity contribution in [2.75, 3.05) is 19.0 Å². The van der Waals surface area contributed by atoms with Crippen LogP contribution in [-0.2, 0) is 0 Å². The fourth-order valence-electron chi connectivity index (χ4n) is 3.02. The molecule has 31 heavy (non-hydrogen) atoms. The highest BCUT2D eigenvalue weighted by molar-refractivity contribution is 7.14. The Bertz CT molecular complexity index is 1170. The Labute approximate surface area is 184 Å². The average Bonchev–Trinajstić information content (AvgIpc) is 3.21. The van der Waals surface area contributed by atoms with E-state index in [1.807, 2.05) is 32.2 Å². The number of nitrogens with one attached hydrogen (secondary N) is 1. The molecule has 0 aliphatic rings. The summed E-state index contributed by atoms with van der Waals surface area (Å²) >= 11 is 1.58. The summed E-state index contributed by atoms with van der Waals surface area (Å²) in [5.74, 6) is -0.129. The Morgan fingerprint density at radius 2 is 2.03 bits per heavy atom. The van der Waals surface area contributed by atoms with Gasteiger partial charge in [0, 0.05) is 40.2 Å². The van der Waals surface area contributed by atoms with Gasteiger partial charge in [0.1, 0.15) is 40.1 Å². The molecule has 0 bridgehead atoms. The number of aromatic nitrogens is 3. The van der Waals surface area contributed by atoms with Crippen LogP contribution < -0.4 is 10.1 Å². The van der Waals surface area contributed by atoms with Crippen LogP contribution in [0.4, 0.5) is 14.6 Å². The van der Waals surface area contributed by atoms with E-state index in [1.165, 1.54) is 19.3 Å². The fraction of sp³-hybridized carbons (Fsp3) is 0.261. The van der Waals surface area contributed by atoms with Crippen molar-refractivity contribution < 1.29 is 13.5 Å². The van der Waals surface area contributed by atoms with Crippen LogP contribution in [-0.4, -0.2) is 28.6 Å². The number of allylic oxidation sites excluding steroid dienone is 4. The van der Waals surface area contributed by atoms with E-state index >= 15 is 0 Å². The summed E-state index contributed by atoms with van der Waals surface area (Å²) < 4.78 is 33.6. The van der Waals surface area contributed by atoms with Gasteiger partial charge in [-0.05, 0) is 32.4 Å². The van der Waals surface area contributed by atoms with Gasteiger partial charge in [-0.15, -0.1) is 11.3 Å². The molecule has 0 aliphatic heterocycles. The smallest absolute Gasteiger partial charge is 0.145 e. The summed E-state index contributed by atoms with van der Waals surface area (Å²) in [6.45, 7) is 5.55. The lowest BCUT2D eigenvalue weighted by molar-refractivity contribution is 0.419. The topological polar surface area (TPSA) is 59.9 Å². The van der Waals surface area contributed by atoms with Crippen LogP contribution >= 0.6 is 11.3 Å². The van der Waals surface area contributed by atoms with Crippen LogP contribution in [0.25, 0.3) is 21.5 Å². The zero-order valence-corrected chi connectivity index (χ0v) is 18.7. The molecule has 3 aromatic rings. The third-order valence-corrected chi connectivity index (χ3v) is 5.50. The van der Waals surface area contributed by atoms with E-state index in [2.05, 4.69) is 20.3 Å². The van der Waals surface area contributed by atoms with Crippen LogP contribution in [0.1, 0.15) is 25.1 Å². The molecule has 0 atom stereocenters. The van der Waals surface area contributed by atoms with Gasteiger partial charge in [0.15, 0.2) is 0 Å². The molecule has 0 spiro atoms. The minimum atomic E-state index is -0.625. The van der Waals surface area contributed by atoms with Crippen LogP contribution in [0.2, 0.25) is 0 Å². The number of benzene rings is 1. The highest BCUT2D eigenvalue weighted by Crippen LogP contribution is 2.35. The van der Waals surface area contributed by atoms with Crippen molar-refractivity contribution in [1.29, 1.82) is 0 Å². The molecule has 0 saturated carbocycles. The molecular weight excluding hydrogens is 418 g/mol. The van der Waals surface area contributed by atoms with Crippen LogP contribution in [0.5, 0.6) is 5.75 Å². The first kappa shape index (κ1) is 22.6. The number of thiazole rings is 1. The van der Waals surface area contributed by atoms with Gasteiger partial charge in [-0.2, -0.15) is 0 Å². The summed E-state index contributed by atoms with van der Waals surface area (Å²) in [4.78, 5) is 14.2. The zero-order valence-electron chi connectivity index (χ0n) is 17.9. The van der Waals surface area contributed by atoms with Crippen molar-refractivity contribution in [3.05, 3.63) is 65.0 Å². The van der Waals surface area contributed by atoms with Crippen LogP contribution in [0, 0.1) is 6.92 Å². The van der Waals surface area contributed by atoms with E-state index in [0.717, 1.165) is 26.9 Å². The molecule has 8 heteroatoms. The third-order valence-electron chi connectivity index (χ3n) is 4.54. The number of hydrogen-bond acceptors (Lipinski definition) is 6. The highest BCUT2D eigenvalue weighted by atomic mass is 32.1. The van der Waals surface area contributed by atoms with E-state index in [0.29, 0.717) is 29.1 Å². The molecule has 0 saturated heterocycles. The van der Waals surface area contributed by atoms with Crippen molar-refractivity contribution in [3.8, 4) is 16.3 Å². The van der Waals surface area contributed by atoms with E-state index in [9.17, 15) is 8.78 Å². The van der Waals surface area contributed by atoms with Gasteiger partial charge in [0.05, 0.1) is 7.11 Å².